The molecule has 0 saturated carbocycles. The summed E-state index contributed by atoms with van der Waals surface area (Å²) in [5.74, 6) is 2.47. The first-order valence-electron chi connectivity index (χ1n) is 9.07. The second kappa shape index (κ2) is 12.9. The molecule has 11 heteroatoms. The SMILES string of the molecule is CCOCCCNC(=NCc1csc(N(C)C)n1)NCc1nnc(C)n1C.I. The van der Waals surface area contributed by atoms with Crippen molar-refractivity contribution in [2.45, 2.75) is 33.4 Å². The zero-order valence-electron chi connectivity index (χ0n) is 17.2. The third-order valence-corrected chi connectivity index (χ3v) is 4.94. The van der Waals surface area contributed by atoms with Crippen LogP contribution in [0.5, 0.6) is 0 Å². The fourth-order valence-electron chi connectivity index (χ4n) is 2.20. The van der Waals surface area contributed by atoms with E-state index in [2.05, 4.69) is 30.8 Å². The highest BCUT2D eigenvalue weighted by atomic mass is 127. The molecule has 2 aromatic heterocycles. The number of rotatable bonds is 10. The summed E-state index contributed by atoms with van der Waals surface area (Å²) in [6.45, 7) is 7.25. The summed E-state index contributed by atoms with van der Waals surface area (Å²) in [4.78, 5) is 11.2. The van der Waals surface area contributed by atoms with Crippen molar-refractivity contribution in [3.8, 4) is 0 Å². The average Bonchev–Trinajstić information content (AvgIpc) is 3.25. The number of nitrogens with zero attached hydrogens (tertiary/aromatic N) is 6. The van der Waals surface area contributed by atoms with Gasteiger partial charge in [0.2, 0.25) is 0 Å². The molecule has 0 bridgehead atoms. The van der Waals surface area contributed by atoms with Gasteiger partial charge in [-0.15, -0.1) is 45.5 Å². The Kier molecular flexibility index (Phi) is 11.3. The Morgan fingerprint density at radius 2 is 2.11 bits per heavy atom. The van der Waals surface area contributed by atoms with Crippen molar-refractivity contribution >= 4 is 46.4 Å². The van der Waals surface area contributed by atoms with Crippen LogP contribution in [0.4, 0.5) is 5.13 Å². The summed E-state index contributed by atoms with van der Waals surface area (Å²) in [5, 5.41) is 17.9. The molecule has 2 N–H and O–H groups in total. The predicted molar refractivity (Wildman–Crippen MR) is 125 cm³/mol. The first kappa shape index (κ1) is 24.6. The van der Waals surface area contributed by atoms with Crippen molar-refractivity contribution in [1.29, 1.82) is 0 Å². The Hall–Kier alpha value is -1.47. The number of ether oxygens (including phenoxy) is 1. The highest BCUT2D eigenvalue weighted by molar-refractivity contribution is 14.0. The molecule has 0 fully saturated rings. The molecule has 0 aliphatic carbocycles. The minimum atomic E-state index is 0. The van der Waals surface area contributed by atoms with Crippen molar-refractivity contribution in [3.05, 3.63) is 22.7 Å². The highest BCUT2D eigenvalue weighted by Gasteiger charge is 2.07. The van der Waals surface area contributed by atoms with Crippen LogP contribution in [0, 0.1) is 6.92 Å². The van der Waals surface area contributed by atoms with Crippen LogP contribution >= 0.6 is 35.3 Å². The van der Waals surface area contributed by atoms with E-state index in [0.717, 1.165) is 54.6 Å². The van der Waals surface area contributed by atoms with Crippen LogP contribution < -0.4 is 15.5 Å². The van der Waals surface area contributed by atoms with Crippen LogP contribution in [-0.4, -0.2) is 59.6 Å². The summed E-state index contributed by atoms with van der Waals surface area (Å²) in [5.41, 5.74) is 0.952. The number of hydrogen-bond donors (Lipinski definition) is 2. The summed E-state index contributed by atoms with van der Waals surface area (Å²) >= 11 is 1.62. The fourth-order valence-corrected chi connectivity index (χ4v) is 2.95. The zero-order valence-corrected chi connectivity index (χ0v) is 20.4. The lowest BCUT2D eigenvalue weighted by molar-refractivity contribution is 0.145. The molecule has 2 rings (SSSR count). The second-order valence-electron chi connectivity index (χ2n) is 6.23. The normalized spacial score (nSPS) is 11.2. The van der Waals surface area contributed by atoms with Gasteiger partial charge < -0.3 is 24.8 Å². The van der Waals surface area contributed by atoms with E-state index < -0.39 is 0 Å². The first-order chi connectivity index (χ1) is 13.0. The van der Waals surface area contributed by atoms with E-state index in [0.29, 0.717) is 13.1 Å². The number of aryl methyl sites for hydroxylation is 1. The average molecular weight is 522 g/mol. The Morgan fingerprint density at radius 1 is 1.32 bits per heavy atom. The Morgan fingerprint density at radius 3 is 2.71 bits per heavy atom. The number of aromatic nitrogens is 4. The molecule has 0 aromatic carbocycles. The van der Waals surface area contributed by atoms with Gasteiger partial charge in [-0.3, -0.25) is 0 Å². The van der Waals surface area contributed by atoms with Gasteiger partial charge >= 0.3 is 0 Å². The molecule has 0 spiro atoms. The lowest BCUT2D eigenvalue weighted by Crippen LogP contribution is -2.38. The lowest BCUT2D eigenvalue weighted by Gasteiger charge is -2.12. The molecular weight excluding hydrogens is 491 g/mol. The van der Waals surface area contributed by atoms with Crippen LogP contribution in [0.2, 0.25) is 0 Å². The van der Waals surface area contributed by atoms with Crippen molar-refractivity contribution in [2.24, 2.45) is 12.0 Å². The van der Waals surface area contributed by atoms with Gasteiger partial charge in [-0.25, -0.2) is 9.98 Å². The second-order valence-corrected chi connectivity index (χ2v) is 7.07. The fraction of sp³-hybridized carbons (Fsp3) is 0.647. The Labute approximate surface area is 188 Å². The van der Waals surface area contributed by atoms with Crippen molar-refractivity contribution < 1.29 is 4.74 Å². The topological polar surface area (TPSA) is 92.5 Å². The number of nitrogens with one attached hydrogen (secondary N) is 2. The molecule has 0 atom stereocenters. The van der Waals surface area contributed by atoms with Gasteiger partial charge in [0.05, 0.1) is 18.8 Å². The third-order valence-electron chi connectivity index (χ3n) is 3.88. The van der Waals surface area contributed by atoms with Gasteiger partial charge in [-0.1, -0.05) is 0 Å². The molecular formula is C17H31IN8OS. The molecule has 0 aliphatic rings. The number of aliphatic imine (C=N–C) groups is 1. The van der Waals surface area contributed by atoms with Crippen LogP contribution in [0.1, 0.15) is 30.7 Å². The van der Waals surface area contributed by atoms with E-state index in [-0.39, 0.29) is 24.0 Å². The molecule has 0 aliphatic heterocycles. The Bertz CT molecular complexity index is 731. The zero-order chi connectivity index (χ0) is 19.6. The van der Waals surface area contributed by atoms with E-state index in [1.807, 2.05) is 49.8 Å². The summed E-state index contributed by atoms with van der Waals surface area (Å²) in [7, 11) is 5.93. The molecule has 0 saturated heterocycles. The molecule has 2 aromatic rings. The van der Waals surface area contributed by atoms with E-state index in [1.54, 1.807) is 11.3 Å². The van der Waals surface area contributed by atoms with E-state index in [1.165, 1.54) is 0 Å². The van der Waals surface area contributed by atoms with Crippen LogP contribution in [0.25, 0.3) is 0 Å². The molecule has 9 nitrogen and oxygen atoms in total. The molecule has 2 heterocycles. The van der Waals surface area contributed by atoms with E-state index in [4.69, 9.17) is 4.74 Å². The number of thiazole rings is 1. The van der Waals surface area contributed by atoms with Gasteiger partial charge in [0.15, 0.2) is 16.9 Å². The number of halogens is 1. The molecule has 28 heavy (non-hydrogen) atoms. The van der Waals surface area contributed by atoms with Crippen molar-refractivity contribution in [1.82, 2.24) is 30.4 Å². The van der Waals surface area contributed by atoms with Gasteiger partial charge in [0, 0.05) is 46.3 Å². The quantitative estimate of drug-likeness (QED) is 0.213. The van der Waals surface area contributed by atoms with E-state index in [9.17, 15) is 0 Å². The van der Waals surface area contributed by atoms with Crippen molar-refractivity contribution in [2.75, 3.05) is 38.8 Å². The Balaban J connectivity index is 0.00000392. The largest absolute Gasteiger partial charge is 0.382 e. The third kappa shape index (κ3) is 7.87. The van der Waals surface area contributed by atoms with Crippen LogP contribution in [0.15, 0.2) is 10.4 Å². The van der Waals surface area contributed by atoms with Gasteiger partial charge in [0.1, 0.15) is 5.82 Å². The smallest absolute Gasteiger partial charge is 0.192 e. The highest BCUT2D eigenvalue weighted by Crippen LogP contribution is 2.18. The van der Waals surface area contributed by atoms with E-state index >= 15 is 0 Å². The lowest BCUT2D eigenvalue weighted by atomic mass is 10.4. The maximum absolute atomic E-state index is 5.38. The predicted octanol–water partition coefficient (Wildman–Crippen LogP) is 1.93. The first-order valence-corrected chi connectivity index (χ1v) is 9.95. The van der Waals surface area contributed by atoms with Crippen LogP contribution in [0.3, 0.4) is 0 Å². The number of hydrogen-bond acceptors (Lipinski definition) is 7. The molecule has 0 radical (unpaired) electrons. The van der Waals surface area contributed by atoms with Crippen LogP contribution in [-0.2, 0) is 24.9 Å². The summed E-state index contributed by atoms with van der Waals surface area (Å²) < 4.78 is 7.34. The van der Waals surface area contributed by atoms with Gasteiger partial charge in [-0.2, -0.15) is 0 Å². The monoisotopic (exact) mass is 522 g/mol. The maximum atomic E-state index is 5.38. The number of guanidine groups is 1. The molecule has 0 unspecified atom stereocenters. The van der Waals surface area contributed by atoms with Gasteiger partial charge in [-0.05, 0) is 20.3 Å². The summed E-state index contributed by atoms with van der Waals surface area (Å²) in [6.07, 6.45) is 0.916. The molecule has 158 valence electrons. The molecule has 0 amide bonds. The summed E-state index contributed by atoms with van der Waals surface area (Å²) in [6, 6.07) is 0. The van der Waals surface area contributed by atoms with Gasteiger partial charge in [0.25, 0.3) is 0 Å². The number of anilines is 1. The minimum absolute atomic E-state index is 0. The standard InChI is InChI=1S/C17H30N8OS.HI/c1-6-26-9-7-8-18-16(20-11-15-23-22-13(2)25(15)5)19-10-14-12-27-17(21-14)24(3)4;/h12H,6-11H2,1-5H3,(H2,18,19,20);1H. The van der Waals surface area contributed by atoms with Crippen molar-refractivity contribution in [3.63, 3.8) is 0 Å². The maximum Gasteiger partial charge on any atom is 0.192 e. The minimum Gasteiger partial charge on any atom is -0.382 e.